The molecule has 0 aromatic carbocycles. The van der Waals surface area contributed by atoms with Crippen LogP contribution in [-0.4, -0.2) is 50.6 Å². The van der Waals surface area contributed by atoms with Gasteiger partial charge in [0.05, 0.1) is 11.7 Å². The monoisotopic (exact) mass is 331 g/mol. The molecule has 128 valence electrons. The highest BCUT2D eigenvalue weighted by Gasteiger charge is 2.33. The van der Waals surface area contributed by atoms with Crippen LogP contribution in [0.3, 0.4) is 0 Å². The molecule has 0 spiro atoms. The summed E-state index contributed by atoms with van der Waals surface area (Å²) >= 11 is 0. The summed E-state index contributed by atoms with van der Waals surface area (Å²) in [5.41, 5.74) is 5.39. The fraction of sp³-hybridized carbons (Fsp3) is 0.933. The molecule has 1 unspecified atom stereocenters. The first-order chi connectivity index (χ1) is 10.5. The maximum Gasteiger partial charge on any atom is 0.224 e. The fourth-order valence-corrected chi connectivity index (χ4v) is 5.46. The maximum absolute atomic E-state index is 12.6. The lowest BCUT2D eigenvalue weighted by Gasteiger charge is -2.33. The first kappa shape index (κ1) is 17.7. The van der Waals surface area contributed by atoms with E-state index in [1.807, 2.05) is 0 Å². The lowest BCUT2D eigenvalue weighted by molar-refractivity contribution is -0.126. The molecule has 0 bridgehead atoms. The Kier molecular flexibility index (Phi) is 6.65. The predicted molar refractivity (Wildman–Crippen MR) is 86.7 cm³/mol. The number of hydrogen-bond acceptors (Lipinski definition) is 4. The van der Waals surface area contributed by atoms with Crippen LogP contribution in [0.5, 0.6) is 0 Å². The molecule has 1 heterocycles. The normalized spacial score (nSPS) is 25.0. The van der Waals surface area contributed by atoms with Crippen molar-refractivity contribution in [2.75, 3.05) is 31.9 Å². The van der Waals surface area contributed by atoms with E-state index >= 15 is 0 Å². The van der Waals surface area contributed by atoms with Gasteiger partial charge in [-0.1, -0.05) is 19.3 Å². The zero-order valence-electron chi connectivity index (χ0n) is 13.3. The second-order valence-corrected chi connectivity index (χ2v) is 8.57. The smallest absolute Gasteiger partial charge is 0.224 e. The third-order valence-corrected chi connectivity index (χ3v) is 6.77. The first-order valence-corrected chi connectivity index (χ1v) is 10.1. The van der Waals surface area contributed by atoms with E-state index in [0.717, 1.165) is 38.5 Å². The molecule has 7 heteroatoms. The van der Waals surface area contributed by atoms with Crippen molar-refractivity contribution in [1.82, 2.24) is 9.62 Å². The third-order valence-electron chi connectivity index (χ3n) is 4.76. The number of sulfonamides is 1. The topological polar surface area (TPSA) is 92.5 Å². The van der Waals surface area contributed by atoms with Gasteiger partial charge < -0.3 is 11.1 Å². The van der Waals surface area contributed by atoms with E-state index in [-0.39, 0.29) is 17.6 Å². The molecule has 2 aliphatic rings. The van der Waals surface area contributed by atoms with E-state index in [9.17, 15) is 13.2 Å². The van der Waals surface area contributed by atoms with Crippen molar-refractivity contribution in [2.24, 2.45) is 17.6 Å². The second-order valence-electron chi connectivity index (χ2n) is 6.56. The lowest BCUT2D eigenvalue weighted by atomic mass is 9.91. The van der Waals surface area contributed by atoms with Crippen LogP contribution in [0.2, 0.25) is 0 Å². The van der Waals surface area contributed by atoms with E-state index in [1.54, 1.807) is 0 Å². The van der Waals surface area contributed by atoms with Gasteiger partial charge in [-0.25, -0.2) is 12.7 Å². The number of nitrogens with two attached hydrogens (primary N) is 1. The predicted octanol–water partition coefficient (Wildman–Crippen LogP) is 0.683. The van der Waals surface area contributed by atoms with Crippen molar-refractivity contribution < 1.29 is 13.2 Å². The largest absolute Gasteiger partial charge is 0.355 e. The van der Waals surface area contributed by atoms with Crippen LogP contribution in [-0.2, 0) is 14.8 Å². The minimum absolute atomic E-state index is 0.0667. The molecular formula is C15H29N3O3S. The molecule has 0 radical (unpaired) electrons. The zero-order chi connectivity index (χ0) is 16.0. The quantitative estimate of drug-likeness (QED) is 0.749. The van der Waals surface area contributed by atoms with Crippen LogP contribution in [0.1, 0.15) is 44.9 Å². The van der Waals surface area contributed by atoms with Crippen molar-refractivity contribution in [3.05, 3.63) is 0 Å². The Bertz CT molecular complexity index is 461. The van der Waals surface area contributed by atoms with Crippen LogP contribution in [0.15, 0.2) is 0 Å². The van der Waals surface area contributed by atoms with Crippen molar-refractivity contribution in [3.8, 4) is 0 Å². The van der Waals surface area contributed by atoms with Gasteiger partial charge >= 0.3 is 0 Å². The Balaban J connectivity index is 1.90. The van der Waals surface area contributed by atoms with Gasteiger partial charge in [-0.3, -0.25) is 4.79 Å². The number of nitrogens with zero attached hydrogens (tertiary/aromatic N) is 1. The summed E-state index contributed by atoms with van der Waals surface area (Å²) in [7, 11) is -3.24. The average Bonchev–Trinajstić information content (AvgIpc) is 2.53. The summed E-state index contributed by atoms with van der Waals surface area (Å²) < 4.78 is 26.8. The van der Waals surface area contributed by atoms with E-state index in [4.69, 9.17) is 5.73 Å². The molecule has 1 atom stereocenters. The van der Waals surface area contributed by atoms with Crippen molar-refractivity contribution in [1.29, 1.82) is 0 Å². The zero-order valence-corrected chi connectivity index (χ0v) is 14.1. The molecule has 0 aromatic heterocycles. The van der Waals surface area contributed by atoms with Gasteiger partial charge in [0.2, 0.25) is 15.9 Å². The molecule has 1 saturated carbocycles. The van der Waals surface area contributed by atoms with Crippen molar-refractivity contribution >= 4 is 15.9 Å². The minimum atomic E-state index is -3.24. The Labute approximate surface area is 133 Å². The Morgan fingerprint density at radius 3 is 2.55 bits per heavy atom. The minimum Gasteiger partial charge on any atom is -0.355 e. The number of amides is 1. The van der Waals surface area contributed by atoms with E-state index in [1.165, 1.54) is 10.7 Å². The van der Waals surface area contributed by atoms with Crippen molar-refractivity contribution in [2.45, 2.75) is 44.9 Å². The summed E-state index contributed by atoms with van der Waals surface area (Å²) in [5.74, 6) is 0.249. The molecule has 1 saturated heterocycles. The second kappa shape index (κ2) is 8.26. The van der Waals surface area contributed by atoms with E-state index in [2.05, 4.69) is 5.32 Å². The molecule has 1 amide bonds. The summed E-state index contributed by atoms with van der Waals surface area (Å²) in [6, 6.07) is 0. The highest BCUT2D eigenvalue weighted by Crippen LogP contribution is 2.27. The summed E-state index contributed by atoms with van der Waals surface area (Å²) in [4.78, 5) is 12.0. The molecular weight excluding hydrogens is 302 g/mol. The number of piperidine rings is 1. The average molecular weight is 331 g/mol. The molecule has 3 N–H and O–H groups in total. The van der Waals surface area contributed by atoms with Gasteiger partial charge in [0.25, 0.3) is 0 Å². The Morgan fingerprint density at radius 1 is 1.14 bits per heavy atom. The van der Waals surface area contributed by atoms with Gasteiger partial charge in [0.1, 0.15) is 0 Å². The lowest BCUT2D eigenvalue weighted by Crippen LogP contribution is -2.47. The highest BCUT2D eigenvalue weighted by molar-refractivity contribution is 7.89. The van der Waals surface area contributed by atoms with Gasteiger partial charge in [-0.05, 0) is 31.6 Å². The maximum atomic E-state index is 12.6. The van der Waals surface area contributed by atoms with Crippen LogP contribution in [0.25, 0.3) is 0 Å². The summed E-state index contributed by atoms with van der Waals surface area (Å²) in [5, 5.41) is 2.77. The van der Waals surface area contributed by atoms with E-state index in [0.29, 0.717) is 32.1 Å². The summed E-state index contributed by atoms with van der Waals surface area (Å²) in [6.07, 6.45) is 7.07. The standard InChI is InChI=1S/C15H29N3O3S/c16-8-9-17-15(19)14-7-4-10-18(11-14)22(20,21)12-13-5-2-1-3-6-13/h13-14H,1-12,16H2,(H,17,19). The molecule has 6 nitrogen and oxygen atoms in total. The van der Waals surface area contributed by atoms with Gasteiger partial charge in [-0.15, -0.1) is 0 Å². The van der Waals surface area contributed by atoms with Crippen LogP contribution in [0.4, 0.5) is 0 Å². The van der Waals surface area contributed by atoms with Crippen LogP contribution in [0, 0.1) is 11.8 Å². The Morgan fingerprint density at radius 2 is 1.86 bits per heavy atom. The molecule has 1 aliphatic carbocycles. The fourth-order valence-electron chi connectivity index (χ4n) is 3.51. The van der Waals surface area contributed by atoms with Crippen LogP contribution < -0.4 is 11.1 Å². The highest BCUT2D eigenvalue weighted by atomic mass is 32.2. The molecule has 22 heavy (non-hydrogen) atoms. The molecule has 2 rings (SSSR count). The SMILES string of the molecule is NCCNC(=O)C1CCCN(S(=O)(=O)CC2CCCCC2)C1. The summed E-state index contributed by atoms with van der Waals surface area (Å²) in [6.45, 7) is 1.73. The third kappa shape index (κ3) is 4.93. The first-order valence-electron chi connectivity index (χ1n) is 8.48. The number of hydrogen-bond donors (Lipinski definition) is 2. The number of nitrogens with one attached hydrogen (secondary N) is 1. The molecule has 2 fully saturated rings. The van der Waals surface area contributed by atoms with Crippen LogP contribution >= 0.6 is 0 Å². The molecule has 0 aromatic rings. The van der Waals surface area contributed by atoms with Gasteiger partial charge in [-0.2, -0.15) is 0 Å². The Hall–Kier alpha value is -0.660. The van der Waals surface area contributed by atoms with Crippen molar-refractivity contribution in [3.63, 3.8) is 0 Å². The number of carbonyl (C=O) groups is 1. The van der Waals surface area contributed by atoms with E-state index < -0.39 is 10.0 Å². The number of carbonyl (C=O) groups excluding carboxylic acids is 1. The molecule has 1 aliphatic heterocycles. The van der Waals surface area contributed by atoms with Gasteiger partial charge in [0.15, 0.2) is 0 Å². The number of rotatable bonds is 6. The van der Waals surface area contributed by atoms with Gasteiger partial charge in [0, 0.05) is 26.2 Å².